The Kier molecular flexibility index (Phi) is 5.36. The van der Waals surface area contributed by atoms with Gasteiger partial charge in [-0.1, -0.05) is 13.8 Å². The van der Waals surface area contributed by atoms with Gasteiger partial charge in [0.05, 0.1) is 13.2 Å². The van der Waals surface area contributed by atoms with Crippen LogP contribution < -0.4 is 5.32 Å². The summed E-state index contributed by atoms with van der Waals surface area (Å²) in [5, 5.41) is 37.7. The number of carbonyl (C=O) groups is 2. The summed E-state index contributed by atoms with van der Waals surface area (Å²) in [6, 6.07) is 0. The minimum absolute atomic E-state index is 0.400. The van der Waals surface area contributed by atoms with E-state index in [9.17, 15) is 14.7 Å². The molecular formula is C9H17NO6. The maximum atomic E-state index is 11.3. The predicted octanol–water partition coefficient (Wildman–Crippen LogP) is -2.07. The number of hydrogen-bond donors (Lipinski definition) is 5. The Labute approximate surface area is 92.7 Å². The van der Waals surface area contributed by atoms with Crippen LogP contribution in [0.4, 0.5) is 0 Å². The summed E-state index contributed by atoms with van der Waals surface area (Å²) in [5.41, 5.74) is -1.03. The number of amides is 1. The maximum Gasteiger partial charge on any atom is 0.334 e. The molecule has 0 radical (unpaired) electrons. The van der Waals surface area contributed by atoms with Gasteiger partial charge in [0, 0.05) is 5.41 Å². The number of aliphatic carboxylic acids is 1. The fourth-order valence-electron chi connectivity index (χ4n) is 0.823. The Hall–Kier alpha value is -1.18. The van der Waals surface area contributed by atoms with Gasteiger partial charge in [0.25, 0.3) is 0 Å². The van der Waals surface area contributed by atoms with E-state index in [2.05, 4.69) is 5.32 Å². The summed E-state index contributed by atoms with van der Waals surface area (Å²) in [4.78, 5) is 21.5. The van der Waals surface area contributed by atoms with Crippen molar-refractivity contribution < 1.29 is 30.0 Å². The third-order valence-electron chi connectivity index (χ3n) is 2.15. The molecule has 0 aromatic carbocycles. The molecule has 0 saturated heterocycles. The molecule has 0 aromatic heterocycles. The zero-order valence-corrected chi connectivity index (χ0v) is 9.17. The van der Waals surface area contributed by atoms with Gasteiger partial charge in [-0.3, -0.25) is 4.79 Å². The van der Waals surface area contributed by atoms with Gasteiger partial charge in [-0.15, -0.1) is 0 Å². The number of aliphatic hydroxyl groups is 3. The second-order valence-corrected chi connectivity index (χ2v) is 4.15. The number of carboxylic acids is 1. The van der Waals surface area contributed by atoms with Crippen molar-refractivity contribution in [3.05, 3.63) is 0 Å². The fourth-order valence-corrected chi connectivity index (χ4v) is 0.823. The van der Waals surface area contributed by atoms with Crippen molar-refractivity contribution in [2.45, 2.75) is 26.1 Å². The number of rotatable bonds is 6. The van der Waals surface area contributed by atoms with E-state index >= 15 is 0 Å². The number of carboxylic acid groups (broad SMARTS) is 1. The summed E-state index contributed by atoms with van der Waals surface area (Å²) in [6.07, 6.45) is -3.19. The van der Waals surface area contributed by atoms with Crippen LogP contribution in [0.1, 0.15) is 13.8 Å². The van der Waals surface area contributed by atoms with E-state index in [1.54, 1.807) is 0 Å². The molecule has 1 amide bonds. The first kappa shape index (κ1) is 14.8. The van der Waals surface area contributed by atoms with E-state index in [4.69, 9.17) is 15.3 Å². The van der Waals surface area contributed by atoms with Gasteiger partial charge < -0.3 is 25.7 Å². The Morgan fingerprint density at radius 3 is 2.19 bits per heavy atom. The molecule has 0 fully saturated rings. The van der Waals surface area contributed by atoms with Gasteiger partial charge in [0.1, 0.15) is 6.10 Å². The molecule has 0 heterocycles. The van der Waals surface area contributed by atoms with Crippen molar-refractivity contribution in [3.8, 4) is 0 Å². The zero-order valence-electron chi connectivity index (χ0n) is 9.17. The topological polar surface area (TPSA) is 127 Å². The molecule has 0 bridgehead atoms. The van der Waals surface area contributed by atoms with Crippen molar-refractivity contribution in [1.82, 2.24) is 5.32 Å². The maximum absolute atomic E-state index is 11.3. The molecule has 94 valence electrons. The number of hydrogen-bond acceptors (Lipinski definition) is 5. The summed E-state index contributed by atoms with van der Waals surface area (Å²) >= 11 is 0. The lowest BCUT2D eigenvalue weighted by Crippen LogP contribution is -2.48. The van der Waals surface area contributed by atoms with Crippen LogP contribution in [-0.4, -0.2) is 57.7 Å². The monoisotopic (exact) mass is 235 g/mol. The average Bonchev–Trinajstić information content (AvgIpc) is 2.23. The van der Waals surface area contributed by atoms with Gasteiger partial charge in [0.2, 0.25) is 5.91 Å². The highest BCUT2D eigenvalue weighted by atomic mass is 16.4. The molecule has 7 heteroatoms. The minimum Gasteiger partial charge on any atom is -0.479 e. The van der Waals surface area contributed by atoms with Crippen LogP contribution in [0.25, 0.3) is 0 Å². The van der Waals surface area contributed by atoms with Gasteiger partial charge in [-0.2, -0.15) is 0 Å². The lowest BCUT2D eigenvalue weighted by atomic mass is 9.87. The summed E-state index contributed by atoms with van der Waals surface area (Å²) in [6.45, 7) is 2.06. The molecule has 0 aromatic rings. The standard InChI is InChI=1S/C9H17NO6/c1-9(2,4-11)6(13)7(14)10-3-5(12)8(15)16/h5-6,11-13H,3-4H2,1-2H3,(H,10,14)(H,15,16)/t5-,6+/m1/s1. The lowest BCUT2D eigenvalue weighted by molar-refractivity contribution is -0.147. The van der Waals surface area contributed by atoms with E-state index in [0.29, 0.717) is 0 Å². The normalized spacial score (nSPS) is 15.3. The van der Waals surface area contributed by atoms with Crippen LogP contribution in [0.15, 0.2) is 0 Å². The van der Waals surface area contributed by atoms with E-state index in [-0.39, 0.29) is 0 Å². The number of carbonyl (C=O) groups excluding carboxylic acids is 1. The van der Waals surface area contributed by atoms with E-state index < -0.39 is 42.7 Å². The Morgan fingerprint density at radius 2 is 1.81 bits per heavy atom. The first-order valence-electron chi connectivity index (χ1n) is 4.70. The highest BCUT2D eigenvalue weighted by molar-refractivity contribution is 5.82. The molecule has 0 unspecified atom stereocenters. The predicted molar refractivity (Wildman–Crippen MR) is 53.5 cm³/mol. The number of nitrogens with one attached hydrogen (secondary N) is 1. The molecule has 0 spiro atoms. The quantitative estimate of drug-likeness (QED) is 0.360. The molecular weight excluding hydrogens is 218 g/mol. The summed E-state index contributed by atoms with van der Waals surface area (Å²) in [7, 11) is 0. The second kappa shape index (κ2) is 5.78. The Morgan fingerprint density at radius 1 is 1.31 bits per heavy atom. The van der Waals surface area contributed by atoms with Crippen molar-refractivity contribution in [2.75, 3.05) is 13.2 Å². The summed E-state index contributed by atoms with van der Waals surface area (Å²) < 4.78 is 0. The molecule has 5 N–H and O–H groups in total. The Balaban J connectivity index is 4.22. The highest BCUT2D eigenvalue weighted by Crippen LogP contribution is 2.19. The molecule has 0 rings (SSSR count). The SMILES string of the molecule is CC(C)(CO)[C@@H](O)C(=O)NC[C@@H](O)C(=O)O. The first-order chi connectivity index (χ1) is 7.22. The largest absolute Gasteiger partial charge is 0.479 e. The van der Waals surface area contributed by atoms with Crippen LogP contribution in [-0.2, 0) is 9.59 Å². The van der Waals surface area contributed by atoms with Crippen LogP contribution in [0.3, 0.4) is 0 Å². The molecule has 0 aliphatic heterocycles. The van der Waals surface area contributed by atoms with Gasteiger partial charge >= 0.3 is 5.97 Å². The smallest absolute Gasteiger partial charge is 0.334 e. The van der Waals surface area contributed by atoms with E-state index in [0.717, 1.165) is 0 Å². The van der Waals surface area contributed by atoms with Crippen molar-refractivity contribution in [2.24, 2.45) is 5.41 Å². The van der Waals surface area contributed by atoms with Crippen molar-refractivity contribution in [1.29, 1.82) is 0 Å². The van der Waals surface area contributed by atoms with Crippen LogP contribution >= 0.6 is 0 Å². The van der Waals surface area contributed by atoms with E-state index in [1.807, 2.05) is 0 Å². The molecule has 0 saturated carbocycles. The zero-order chi connectivity index (χ0) is 12.9. The lowest BCUT2D eigenvalue weighted by Gasteiger charge is -2.27. The van der Waals surface area contributed by atoms with Gasteiger partial charge in [-0.25, -0.2) is 4.79 Å². The van der Waals surface area contributed by atoms with Crippen LogP contribution in [0.5, 0.6) is 0 Å². The minimum atomic E-state index is -1.71. The second-order valence-electron chi connectivity index (χ2n) is 4.15. The van der Waals surface area contributed by atoms with Crippen molar-refractivity contribution >= 4 is 11.9 Å². The van der Waals surface area contributed by atoms with Crippen LogP contribution in [0.2, 0.25) is 0 Å². The van der Waals surface area contributed by atoms with Gasteiger partial charge in [-0.05, 0) is 0 Å². The first-order valence-corrected chi connectivity index (χ1v) is 4.70. The molecule has 0 aliphatic rings. The van der Waals surface area contributed by atoms with E-state index in [1.165, 1.54) is 13.8 Å². The van der Waals surface area contributed by atoms with Crippen LogP contribution in [0, 0.1) is 5.41 Å². The molecule has 2 atom stereocenters. The highest BCUT2D eigenvalue weighted by Gasteiger charge is 2.33. The third-order valence-corrected chi connectivity index (χ3v) is 2.15. The average molecular weight is 235 g/mol. The Bertz CT molecular complexity index is 265. The molecule has 7 nitrogen and oxygen atoms in total. The summed E-state index contributed by atoms with van der Waals surface area (Å²) in [5.74, 6) is -2.30. The fraction of sp³-hybridized carbons (Fsp3) is 0.778. The molecule has 16 heavy (non-hydrogen) atoms. The third kappa shape index (κ3) is 4.13. The number of aliphatic hydroxyl groups excluding tert-OH is 3. The molecule has 0 aliphatic carbocycles. The van der Waals surface area contributed by atoms with Crippen molar-refractivity contribution in [3.63, 3.8) is 0 Å². The van der Waals surface area contributed by atoms with Gasteiger partial charge in [0.15, 0.2) is 6.10 Å².